The maximum atomic E-state index is 8.49. The molecule has 5 rings (SSSR count). The molecule has 2 heterocycles. The Labute approximate surface area is 199 Å². The Morgan fingerprint density at radius 2 is 1.27 bits per heavy atom. The van der Waals surface area contributed by atoms with Crippen molar-refractivity contribution in [1.82, 2.24) is 0 Å². The number of fused-ring (bicyclic) bond motifs is 3. The molecule has 0 N–H and O–H groups in total. The monoisotopic (exact) mass is 481 g/mol. The molecule has 0 unspecified atom stereocenters. The number of rotatable bonds is 2. The van der Waals surface area contributed by atoms with Crippen LogP contribution in [0, 0.1) is 10.2 Å². The van der Waals surface area contributed by atoms with Crippen molar-refractivity contribution in [2.75, 3.05) is 0 Å². The summed E-state index contributed by atoms with van der Waals surface area (Å²) in [5.41, 5.74) is 8.68. The second kappa shape index (κ2) is 8.88. The molecule has 33 heavy (non-hydrogen) atoms. The first-order chi connectivity index (χ1) is 15.6. The lowest BCUT2D eigenvalue weighted by molar-refractivity contribution is -2.00. The average Bonchev–Trinajstić information content (AvgIpc) is 3.01. The van der Waals surface area contributed by atoms with Crippen LogP contribution in [-0.4, -0.2) is 0 Å². The summed E-state index contributed by atoms with van der Waals surface area (Å²) in [6.45, 7) is 4.62. The lowest BCUT2D eigenvalue weighted by Gasteiger charge is -2.17. The maximum Gasteiger partial charge on any atom is 0.219 e. The summed E-state index contributed by atoms with van der Waals surface area (Å²) in [5, 5.41) is 0.760. The van der Waals surface area contributed by atoms with Crippen LogP contribution in [0.1, 0.15) is 25.1 Å². The van der Waals surface area contributed by atoms with E-state index in [1.807, 2.05) is 12.1 Å². The van der Waals surface area contributed by atoms with Crippen LogP contribution < -0.4 is 23.2 Å². The molecule has 0 spiro atoms. The summed E-state index contributed by atoms with van der Waals surface area (Å²) < 4.78 is 36.4. The number of nitrogens with zero attached hydrogens (tertiary/aromatic N) is 1. The van der Waals surface area contributed by atoms with Crippen LogP contribution in [0.15, 0.2) is 91.0 Å². The van der Waals surface area contributed by atoms with Gasteiger partial charge in [0.15, 0.2) is 5.69 Å². The van der Waals surface area contributed by atoms with Gasteiger partial charge in [-0.1, -0.05) is 60.1 Å². The number of benzene rings is 3. The van der Waals surface area contributed by atoms with Crippen LogP contribution in [-0.2, 0) is 5.41 Å². The van der Waals surface area contributed by atoms with Crippen molar-refractivity contribution in [3.8, 4) is 28.1 Å². The van der Waals surface area contributed by atoms with Crippen molar-refractivity contribution in [2.45, 2.75) is 19.3 Å². The summed E-state index contributed by atoms with van der Waals surface area (Å²) in [4.78, 5) is 0. The summed E-state index contributed by atoms with van der Waals surface area (Å²) in [6.07, 6.45) is 0. The highest BCUT2D eigenvalue weighted by Crippen LogP contribution is 2.41. The zero-order valence-corrected chi connectivity index (χ0v) is 19.5. The highest BCUT2D eigenvalue weighted by Gasteiger charge is 2.45. The minimum absolute atomic E-state index is 0.0669. The van der Waals surface area contributed by atoms with E-state index in [9.17, 15) is 0 Å². The normalized spacial score (nSPS) is 13.5. The molecule has 0 saturated carbocycles. The van der Waals surface area contributed by atoms with Gasteiger partial charge in [0.05, 0.1) is 5.41 Å². The second-order valence-electron chi connectivity index (χ2n) is 8.24. The molecule has 168 valence electrons. The lowest BCUT2D eigenvalue weighted by atomic mass is 9.82. The van der Waals surface area contributed by atoms with E-state index in [2.05, 4.69) is 97.3 Å². The fourth-order valence-electron chi connectivity index (χ4n) is 4.28. The standard InChI is InChI=1S/C26H21ClN.ClHO4/c1-26(2)22-10-6-7-11-23(22)28-24(19-8-4-3-5-9-19)16-20(17-25(26)28)18-12-14-21(27)15-13-18;2-1(3,4)5/h3-17H,1-2H3;(H,2,3,4,5)/q+1;/p-1. The third-order valence-corrected chi connectivity index (χ3v) is 6.02. The van der Waals surface area contributed by atoms with E-state index in [1.54, 1.807) is 0 Å². The van der Waals surface area contributed by atoms with Gasteiger partial charge in [-0.25, -0.2) is 18.6 Å². The van der Waals surface area contributed by atoms with Crippen LogP contribution in [0.5, 0.6) is 0 Å². The Bertz CT molecular complexity index is 1280. The molecule has 3 aromatic carbocycles. The quantitative estimate of drug-likeness (QED) is 0.408. The van der Waals surface area contributed by atoms with Gasteiger partial charge >= 0.3 is 0 Å². The SMILES string of the molecule is CC1(C)c2ccccc2-[n+]2c(-c3ccccc3)cc(-c3ccc(Cl)cc3)cc21.[O-][Cl+3]([O-])([O-])[O-]. The predicted octanol–water partition coefficient (Wildman–Crippen LogP) is 1.83. The van der Waals surface area contributed by atoms with Gasteiger partial charge in [-0.15, -0.1) is 10.2 Å². The van der Waals surface area contributed by atoms with Crippen molar-refractivity contribution >= 4 is 11.6 Å². The first kappa shape index (κ1) is 23.4. The number of pyridine rings is 1. The number of para-hydroxylation sites is 1. The van der Waals surface area contributed by atoms with E-state index in [4.69, 9.17) is 30.2 Å². The summed E-state index contributed by atoms with van der Waals surface area (Å²) >= 11 is 6.12. The van der Waals surface area contributed by atoms with Gasteiger partial charge < -0.3 is 0 Å². The lowest BCUT2D eigenvalue weighted by Crippen LogP contribution is -2.68. The van der Waals surface area contributed by atoms with E-state index in [0.29, 0.717) is 0 Å². The van der Waals surface area contributed by atoms with Gasteiger partial charge in [0, 0.05) is 34.3 Å². The Morgan fingerprint density at radius 3 is 1.91 bits per heavy atom. The van der Waals surface area contributed by atoms with Crippen molar-refractivity contribution in [3.05, 3.63) is 107 Å². The van der Waals surface area contributed by atoms with Gasteiger partial charge in [0.25, 0.3) is 0 Å². The molecule has 0 aliphatic carbocycles. The number of aromatic nitrogens is 1. The van der Waals surface area contributed by atoms with Crippen molar-refractivity contribution in [1.29, 1.82) is 0 Å². The summed E-state index contributed by atoms with van der Waals surface area (Å²) in [5.74, 6) is 0. The number of hydrogen-bond acceptors (Lipinski definition) is 4. The minimum Gasteiger partial charge on any atom is -0.222 e. The molecule has 1 aromatic heterocycles. The molecular formula is C26H21Cl2NO4. The number of hydrogen-bond donors (Lipinski definition) is 0. The molecule has 0 saturated heterocycles. The van der Waals surface area contributed by atoms with E-state index in [1.165, 1.54) is 39.3 Å². The highest BCUT2D eigenvalue weighted by atomic mass is 35.7. The Balaban J connectivity index is 0.000000471. The minimum atomic E-state index is -4.94. The third kappa shape index (κ3) is 4.94. The fraction of sp³-hybridized carbons (Fsp3) is 0.115. The molecule has 0 amide bonds. The van der Waals surface area contributed by atoms with Gasteiger partial charge in [-0.3, -0.25) is 0 Å². The first-order valence-corrected chi connectivity index (χ1v) is 11.8. The van der Waals surface area contributed by atoms with Gasteiger partial charge in [-0.05, 0) is 49.2 Å². The zero-order valence-electron chi connectivity index (χ0n) is 18.0. The maximum absolute atomic E-state index is 8.49. The van der Waals surface area contributed by atoms with Gasteiger partial charge in [-0.2, -0.15) is 4.57 Å². The third-order valence-electron chi connectivity index (χ3n) is 5.77. The van der Waals surface area contributed by atoms with Crippen LogP contribution >= 0.6 is 11.6 Å². The van der Waals surface area contributed by atoms with Crippen LogP contribution in [0.25, 0.3) is 28.1 Å². The van der Waals surface area contributed by atoms with E-state index in [-0.39, 0.29) is 5.41 Å². The zero-order chi connectivity index (χ0) is 23.8. The largest absolute Gasteiger partial charge is 0.222 e. The molecule has 1 aliphatic heterocycles. The first-order valence-electron chi connectivity index (χ1n) is 10.2. The average molecular weight is 482 g/mol. The summed E-state index contributed by atoms with van der Waals surface area (Å²) in [6, 6.07) is 32.1. The Kier molecular flexibility index (Phi) is 6.29. The van der Waals surface area contributed by atoms with Crippen molar-refractivity contribution < 1.29 is 33.4 Å². The molecule has 0 atom stereocenters. The fourth-order valence-corrected chi connectivity index (χ4v) is 4.41. The molecule has 1 aliphatic rings. The van der Waals surface area contributed by atoms with Crippen molar-refractivity contribution in [3.63, 3.8) is 0 Å². The van der Waals surface area contributed by atoms with Gasteiger partial charge in [0.1, 0.15) is 0 Å². The van der Waals surface area contributed by atoms with Crippen LogP contribution in [0.3, 0.4) is 0 Å². The second-order valence-corrected chi connectivity index (χ2v) is 9.44. The molecule has 0 fully saturated rings. The molecular weight excluding hydrogens is 461 g/mol. The predicted molar refractivity (Wildman–Crippen MR) is 116 cm³/mol. The Hall–Kier alpha value is -2.77. The highest BCUT2D eigenvalue weighted by molar-refractivity contribution is 6.30. The van der Waals surface area contributed by atoms with E-state index < -0.39 is 10.2 Å². The van der Waals surface area contributed by atoms with Crippen molar-refractivity contribution in [2.24, 2.45) is 0 Å². The number of halogens is 2. The van der Waals surface area contributed by atoms with Crippen LogP contribution in [0.4, 0.5) is 0 Å². The molecule has 0 bridgehead atoms. The van der Waals surface area contributed by atoms with Crippen LogP contribution in [0.2, 0.25) is 5.02 Å². The Morgan fingerprint density at radius 1 is 0.697 bits per heavy atom. The topological polar surface area (TPSA) is 96.1 Å². The summed E-state index contributed by atoms with van der Waals surface area (Å²) in [7, 11) is -4.94. The molecule has 0 radical (unpaired) electrons. The molecule has 5 nitrogen and oxygen atoms in total. The van der Waals surface area contributed by atoms with Gasteiger partial charge in [0.2, 0.25) is 11.4 Å². The molecule has 4 aromatic rings. The van der Waals surface area contributed by atoms with E-state index in [0.717, 1.165) is 5.02 Å². The smallest absolute Gasteiger partial charge is 0.219 e. The van der Waals surface area contributed by atoms with E-state index >= 15 is 0 Å². The molecule has 7 heteroatoms.